The summed E-state index contributed by atoms with van der Waals surface area (Å²) < 4.78 is 10.4. The largest absolute Gasteiger partial charge is 0.466 e. The second-order valence-corrected chi connectivity index (χ2v) is 8.07. The molecule has 2 aromatic rings. The first-order valence-corrected chi connectivity index (χ1v) is 11.3. The lowest BCUT2D eigenvalue weighted by Gasteiger charge is -2.30. The SMILES string of the molecule is CCOC(=O)CCC(=O)N(c1ccc(C(=O)OCc2ccccc2)cc1C)C1CCCC1. The highest BCUT2D eigenvalue weighted by Gasteiger charge is 2.29. The summed E-state index contributed by atoms with van der Waals surface area (Å²) in [5, 5.41) is 0. The summed E-state index contributed by atoms with van der Waals surface area (Å²) in [7, 11) is 0. The van der Waals surface area contributed by atoms with Gasteiger partial charge in [-0.15, -0.1) is 0 Å². The Hall–Kier alpha value is -3.15. The molecule has 0 aromatic heterocycles. The third-order valence-corrected chi connectivity index (χ3v) is 5.71. The van der Waals surface area contributed by atoms with Crippen molar-refractivity contribution in [3.05, 3.63) is 65.2 Å². The predicted molar refractivity (Wildman–Crippen MR) is 122 cm³/mol. The molecule has 32 heavy (non-hydrogen) atoms. The molecule has 1 aliphatic carbocycles. The van der Waals surface area contributed by atoms with Gasteiger partial charge in [0.15, 0.2) is 0 Å². The number of carbonyl (C=O) groups excluding carboxylic acids is 3. The van der Waals surface area contributed by atoms with Crippen molar-refractivity contribution in [3.63, 3.8) is 0 Å². The van der Waals surface area contributed by atoms with Crippen LogP contribution in [-0.2, 0) is 25.7 Å². The van der Waals surface area contributed by atoms with Crippen LogP contribution in [0.5, 0.6) is 0 Å². The molecule has 1 amide bonds. The second kappa shape index (κ2) is 11.5. The fraction of sp³-hybridized carbons (Fsp3) is 0.423. The summed E-state index contributed by atoms with van der Waals surface area (Å²) >= 11 is 0. The first-order valence-electron chi connectivity index (χ1n) is 11.3. The van der Waals surface area contributed by atoms with Gasteiger partial charge in [-0.05, 0) is 56.0 Å². The predicted octanol–water partition coefficient (Wildman–Crippen LogP) is 4.97. The molecule has 0 aliphatic heterocycles. The van der Waals surface area contributed by atoms with Crippen LogP contribution in [0.2, 0.25) is 0 Å². The average Bonchev–Trinajstić information content (AvgIpc) is 3.32. The molecule has 6 heteroatoms. The van der Waals surface area contributed by atoms with Crippen LogP contribution in [-0.4, -0.2) is 30.5 Å². The molecule has 0 N–H and O–H groups in total. The number of rotatable bonds is 9. The Balaban J connectivity index is 1.72. The fourth-order valence-corrected chi connectivity index (χ4v) is 4.12. The molecule has 0 radical (unpaired) electrons. The van der Waals surface area contributed by atoms with Gasteiger partial charge in [-0.3, -0.25) is 9.59 Å². The Morgan fingerprint density at radius 3 is 2.34 bits per heavy atom. The van der Waals surface area contributed by atoms with Crippen molar-refractivity contribution >= 4 is 23.5 Å². The van der Waals surface area contributed by atoms with Crippen LogP contribution < -0.4 is 4.90 Å². The van der Waals surface area contributed by atoms with Crippen LogP contribution in [0.15, 0.2) is 48.5 Å². The van der Waals surface area contributed by atoms with Crippen molar-refractivity contribution in [1.29, 1.82) is 0 Å². The Kier molecular flexibility index (Phi) is 8.42. The van der Waals surface area contributed by atoms with E-state index in [1.807, 2.05) is 48.2 Å². The number of aryl methyl sites for hydroxylation is 1. The van der Waals surface area contributed by atoms with E-state index in [0.717, 1.165) is 42.5 Å². The van der Waals surface area contributed by atoms with Crippen LogP contribution in [0.3, 0.4) is 0 Å². The molecule has 6 nitrogen and oxygen atoms in total. The topological polar surface area (TPSA) is 72.9 Å². The maximum Gasteiger partial charge on any atom is 0.338 e. The third kappa shape index (κ3) is 6.19. The molecule has 1 saturated carbocycles. The molecular formula is C26H31NO5. The van der Waals surface area contributed by atoms with Gasteiger partial charge in [0.2, 0.25) is 5.91 Å². The van der Waals surface area contributed by atoms with Gasteiger partial charge in [-0.1, -0.05) is 43.2 Å². The van der Waals surface area contributed by atoms with Crippen molar-refractivity contribution in [3.8, 4) is 0 Å². The summed E-state index contributed by atoms with van der Waals surface area (Å²) in [4.78, 5) is 39.2. The van der Waals surface area contributed by atoms with E-state index < -0.39 is 5.97 Å². The van der Waals surface area contributed by atoms with E-state index in [1.54, 1.807) is 19.1 Å². The smallest absolute Gasteiger partial charge is 0.338 e. The molecule has 2 aromatic carbocycles. The summed E-state index contributed by atoms with van der Waals surface area (Å²) in [6, 6.07) is 14.9. The van der Waals surface area contributed by atoms with E-state index >= 15 is 0 Å². The molecular weight excluding hydrogens is 406 g/mol. The molecule has 0 atom stereocenters. The van der Waals surface area contributed by atoms with Crippen LogP contribution in [0.25, 0.3) is 0 Å². The van der Waals surface area contributed by atoms with E-state index in [-0.39, 0.29) is 37.4 Å². The number of carbonyl (C=O) groups is 3. The first-order chi connectivity index (χ1) is 15.5. The van der Waals surface area contributed by atoms with Crippen molar-refractivity contribution in [2.24, 2.45) is 0 Å². The third-order valence-electron chi connectivity index (χ3n) is 5.71. The number of ether oxygens (including phenoxy) is 2. The van der Waals surface area contributed by atoms with Gasteiger partial charge in [0, 0.05) is 18.2 Å². The minimum Gasteiger partial charge on any atom is -0.466 e. The maximum absolute atomic E-state index is 13.1. The quantitative estimate of drug-likeness (QED) is 0.518. The molecule has 1 fully saturated rings. The fourth-order valence-electron chi connectivity index (χ4n) is 4.12. The molecule has 1 aliphatic rings. The average molecular weight is 438 g/mol. The minimum atomic E-state index is -0.399. The van der Waals surface area contributed by atoms with Crippen molar-refractivity contribution in [1.82, 2.24) is 0 Å². The highest BCUT2D eigenvalue weighted by molar-refractivity contribution is 5.97. The minimum absolute atomic E-state index is 0.0683. The zero-order valence-electron chi connectivity index (χ0n) is 18.8. The van der Waals surface area contributed by atoms with Crippen LogP contribution in [0.4, 0.5) is 5.69 Å². The first kappa shape index (κ1) is 23.5. The van der Waals surface area contributed by atoms with Gasteiger partial charge in [0.1, 0.15) is 6.61 Å². The molecule has 0 heterocycles. The number of esters is 2. The summed E-state index contributed by atoms with van der Waals surface area (Å²) in [5.41, 5.74) is 2.99. The number of amides is 1. The van der Waals surface area contributed by atoms with Gasteiger partial charge in [-0.25, -0.2) is 4.79 Å². The molecule has 3 rings (SSSR count). The normalized spacial score (nSPS) is 13.6. The highest BCUT2D eigenvalue weighted by atomic mass is 16.5. The lowest BCUT2D eigenvalue weighted by atomic mass is 10.1. The van der Waals surface area contributed by atoms with E-state index in [1.165, 1.54) is 0 Å². The number of anilines is 1. The van der Waals surface area contributed by atoms with Gasteiger partial charge in [0.25, 0.3) is 0 Å². The van der Waals surface area contributed by atoms with Crippen LogP contribution >= 0.6 is 0 Å². The number of hydrogen-bond donors (Lipinski definition) is 0. The standard InChI is InChI=1S/C26H31NO5/c1-3-31-25(29)16-15-24(28)27(22-11-7-8-12-22)23-14-13-21(17-19(23)2)26(30)32-18-20-9-5-4-6-10-20/h4-6,9-10,13-14,17,22H,3,7-8,11-12,15-16,18H2,1-2H3. The van der Waals surface area contributed by atoms with E-state index in [2.05, 4.69) is 0 Å². The second-order valence-electron chi connectivity index (χ2n) is 8.07. The van der Waals surface area contributed by atoms with Crippen molar-refractivity contribution in [2.45, 2.75) is 65.0 Å². The Labute approximate surface area is 189 Å². The lowest BCUT2D eigenvalue weighted by molar-refractivity contribution is -0.144. The highest BCUT2D eigenvalue weighted by Crippen LogP contribution is 2.32. The van der Waals surface area contributed by atoms with Gasteiger partial charge >= 0.3 is 11.9 Å². The Morgan fingerprint density at radius 2 is 1.69 bits per heavy atom. The molecule has 0 unspecified atom stereocenters. The van der Waals surface area contributed by atoms with Crippen molar-refractivity contribution in [2.75, 3.05) is 11.5 Å². The van der Waals surface area contributed by atoms with E-state index in [0.29, 0.717) is 12.2 Å². The zero-order valence-corrected chi connectivity index (χ0v) is 18.8. The number of hydrogen-bond acceptors (Lipinski definition) is 5. The molecule has 0 bridgehead atoms. The summed E-state index contributed by atoms with van der Waals surface area (Å²) in [5.74, 6) is -0.850. The van der Waals surface area contributed by atoms with E-state index in [4.69, 9.17) is 9.47 Å². The molecule has 0 spiro atoms. The van der Waals surface area contributed by atoms with Crippen LogP contribution in [0.1, 0.15) is 66.9 Å². The molecule has 0 saturated heterocycles. The lowest BCUT2D eigenvalue weighted by Crippen LogP contribution is -2.39. The van der Waals surface area contributed by atoms with E-state index in [9.17, 15) is 14.4 Å². The number of nitrogens with zero attached hydrogens (tertiary/aromatic N) is 1. The molecule has 170 valence electrons. The maximum atomic E-state index is 13.1. The monoisotopic (exact) mass is 437 g/mol. The van der Waals surface area contributed by atoms with Gasteiger partial charge in [-0.2, -0.15) is 0 Å². The number of benzene rings is 2. The zero-order chi connectivity index (χ0) is 22.9. The van der Waals surface area contributed by atoms with Gasteiger partial charge < -0.3 is 14.4 Å². The van der Waals surface area contributed by atoms with Gasteiger partial charge in [0.05, 0.1) is 18.6 Å². The Bertz CT molecular complexity index is 934. The Morgan fingerprint density at radius 1 is 0.969 bits per heavy atom. The van der Waals surface area contributed by atoms with Crippen molar-refractivity contribution < 1.29 is 23.9 Å². The summed E-state index contributed by atoms with van der Waals surface area (Å²) in [6.45, 7) is 4.16. The van der Waals surface area contributed by atoms with Crippen LogP contribution in [0, 0.1) is 6.92 Å². The summed E-state index contributed by atoms with van der Waals surface area (Å²) in [6.07, 6.45) is 4.20.